The maximum Gasteiger partial charge on any atom is 0.148 e. The summed E-state index contributed by atoms with van der Waals surface area (Å²) in [6.07, 6.45) is 0. The van der Waals surface area contributed by atoms with Crippen LogP contribution in [-0.2, 0) is 0 Å². The fourth-order valence-corrected chi connectivity index (χ4v) is 1.67. The molecule has 1 aromatic rings. The SMILES string of the molecule is Cc1c(NN)nc(C(C)C)nc1NC(CO)C(C)C. The quantitative estimate of drug-likeness (QED) is 0.462. The van der Waals surface area contributed by atoms with E-state index >= 15 is 0 Å². The normalized spacial score (nSPS) is 12.9. The number of hydrogen-bond acceptors (Lipinski definition) is 6. The fraction of sp³-hybridized carbons (Fsp3) is 0.692. The molecular weight excluding hydrogens is 242 g/mol. The van der Waals surface area contributed by atoms with Crippen LogP contribution in [0.4, 0.5) is 11.6 Å². The average molecular weight is 267 g/mol. The molecule has 5 N–H and O–H groups in total. The van der Waals surface area contributed by atoms with Gasteiger partial charge in [-0.15, -0.1) is 0 Å². The predicted molar refractivity (Wildman–Crippen MR) is 78.0 cm³/mol. The maximum absolute atomic E-state index is 9.41. The number of nitrogen functional groups attached to an aromatic ring is 1. The van der Waals surface area contributed by atoms with Gasteiger partial charge >= 0.3 is 0 Å². The van der Waals surface area contributed by atoms with Gasteiger partial charge in [0.15, 0.2) is 0 Å². The minimum absolute atomic E-state index is 0.0424. The van der Waals surface area contributed by atoms with Crippen LogP contribution in [0.2, 0.25) is 0 Å². The van der Waals surface area contributed by atoms with Gasteiger partial charge in [0.2, 0.25) is 0 Å². The number of hydrogen-bond donors (Lipinski definition) is 4. The van der Waals surface area contributed by atoms with E-state index in [0.29, 0.717) is 11.7 Å². The maximum atomic E-state index is 9.41. The van der Waals surface area contributed by atoms with Gasteiger partial charge in [-0.25, -0.2) is 15.8 Å². The molecule has 108 valence electrons. The van der Waals surface area contributed by atoms with Crippen LogP contribution in [-0.4, -0.2) is 27.7 Å². The van der Waals surface area contributed by atoms with E-state index in [-0.39, 0.29) is 18.6 Å². The van der Waals surface area contributed by atoms with Gasteiger partial charge in [0.1, 0.15) is 17.5 Å². The van der Waals surface area contributed by atoms with Crippen LogP contribution < -0.4 is 16.6 Å². The third-order valence-corrected chi connectivity index (χ3v) is 3.14. The van der Waals surface area contributed by atoms with E-state index in [1.54, 1.807) is 0 Å². The molecule has 6 heteroatoms. The molecule has 0 radical (unpaired) electrons. The van der Waals surface area contributed by atoms with Gasteiger partial charge in [-0.2, -0.15) is 0 Å². The fourth-order valence-electron chi connectivity index (χ4n) is 1.67. The topological polar surface area (TPSA) is 96.1 Å². The summed E-state index contributed by atoms with van der Waals surface area (Å²) in [6.45, 7) is 10.1. The van der Waals surface area contributed by atoms with E-state index < -0.39 is 0 Å². The Labute approximate surface area is 114 Å². The number of nitrogens with two attached hydrogens (primary N) is 1. The van der Waals surface area contributed by atoms with Crippen LogP contribution in [0.3, 0.4) is 0 Å². The first-order valence-corrected chi connectivity index (χ1v) is 6.63. The number of hydrazine groups is 1. The van der Waals surface area contributed by atoms with Crippen molar-refractivity contribution in [1.82, 2.24) is 9.97 Å². The van der Waals surface area contributed by atoms with Gasteiger partial charge < -0.3 is 15.8 Å². The standard InChI is InChI=1S/C13H25N5O/c1-7(2)10(6-19)15-12-9(5)13(18-14)17-11(16-12)8(3)4/h7-8,10,19H,6,14H2,1-5H3,(H2,15,16,17,18). The number of anilines is 2. The lowest BCUT2D eigenvalue weighted by atomic mass is 10.1. The van der Waals surface area contributed by atoms with E-state index in [1.165, 1.54) is 0 Å². The van der Waals surface area contributed by atoms with Crippen molar-refractivity contribution in [3.63, 3.8) is 0 Å². The van der Waals surface area contributed by atoms with Crippen molar-refractivity contribution in [1.29, 1.82) is 0 Å². The lowest BCUT2D eigenvalue weighted by Crippen LogP contribution is -2.30. The number of aliphatic hydroxyl groups is 1. The smallest absolute Gasteiger partial charge is 0.148 e. The Hall–Kier alpha value is -1.40. The lowest BCUT2D eigenvalue weighted by molar-refractivity contribution is 0.249. The number of nitrogens with zero attached hydrogens (tertiary/aromatic N) is 2. The van der Waals surface area contributed by atoms with Gasteiger partial charge in [-0.05, 0) is 12.8 Å². The minimum atomic E-state index is -0.0424. The van der Waals surface area contributed by atoms with Crippen LogP contribution in [0, 0.1) is 12.8 Å². The van der Waals surface area contributed by atoms with Gasteiger partial charge in [0.25, 0.3) is 0 Å². The van der Waals surface area contributed by atoms with Crippen LogP contribution in [0.15, 0.2) is 0 Å². The van der Waals surface area contributed by atoms with Crippen molar-refractivity contribution in [2.45, 2.75) is 46.6 Å². The molecule has 0 aliphatic heterocycles. The molecule has 0 saturated heterocycles. The summed E-state index contributed by atoms with van der Waals surface area (Å²) in [5, 5.41) is 12.7. The average Bonchev–Trinajstić information content (AvgIpc) is 2.36. The summed E-state index contributed by atoms with van der Waals surface area (Å²) in [5.74, 6) is 8.06. The summed E-state index contributed by atoms with van der Waals surface area (Å²) >= 11 is 0. The molecule has 0 amide bonds. The van der Waals surface area contributed by atoms with Crippen LogP contribution in [0.1, 0.15) is 45.0 Å². The zero-order chi connectivity index (χ0) is 14.6. The Bertz CT molecular complexity index is 420. The molecule has 1 heterocycles. The molecule has 0 spiro atoms. The highest BCUT2D eigenvalue weighted by Crippen LogP contribution is 2.23. The molecule has 0 bridgehead atoms. The Morgan fingerprint density at radius 1 is 1.16 bits per heavy atom. The number of aromatic nitrogens is 2. The van der Waals surface area contributed by atoms with Crippen molar-refractivity contribution in [2.24, 2.45) is 11.8 Å². The summed E-state index contributed by atoms with van der Waals surface area (Å²) < 4.78 is 0. The molecule has 1 atom stereocenters. The third kappa shape index (κ3) is 3.78. The molecule has 19 heavy (non-hydrogen) atoms. The highest BCUT2D eigenvalue weighted by atomic mass is 16.3. The highest BCUT2D eigenvalue weighted by molar-refractivity contribution is 5.57. The summed E-state index contributed by atoms with van der Waals surface area (Å²) in [6, 6.07) is -0.0424. The number of aliphatic hydroxyl groups excluding tert-OH is 1. The zero-order valence-electron chi connectivity index (χ0n) is 12.4. The van der Waals surface area contributed by atoms with Crippen molar-refractivity contribution in [3.05, 3.63) is 11.4 Å². The van der Waals surface area contributed by atoms with Crippen molar-refractivity contribution in [2.75, 3.05) is 17.3 Å². The second-order valence-corrected chi connectivity index (χ2v) is 5.38. The minimum Gasteiger partial charge on any atom is -0.394 e. The Morgan fingerprint density at radius 2 is 1.74 bits per heavy atom. The predicted octanol–water partition coefficient (Wildman–Crippen LogP) is 1.62. The van der Waals surface area contributed by atoms with E-state index in [2.05, 4.69) is 34.6 Å². The Balaban J connectivity index is 3.14. The molecule has 0 fully saturated rings. The van der Waals surface area contributed by atoms with Crippen LogP contribution in [0.25, 0.3) is 0 Å². The van der Waals surface area contributed by atoms with E-state index in [4.69, 9.17) is 5.84 Å². The summed E-state index contributed by atoms with van der Waals surface area (Å²) in [4.78, 5) is 8.90. The van der Waals surface area contributed by atoms with Crippen LogP contribution in [0.5, 0.6) is 0 Å². The molecule has 0 aliphatic carbocycles. The molecular formula is C13H25N5O. The second kappa shape index (κ2) is 6.68. The Kier molecular flexibility index (Phi) is 5.50. The molecule has 0 aliphatic rings. The van der Waals surface area contributed by atoms with E-state index in [1.807, 2.05) is 20.8 Å². The number of rotatable bonds is 6. The second-order valence-electron chi connectivity index (χ2n) is 5.38. The lowest BCUT2D eigenvalue weighted by Gasteiger charge is -2.23. The third-order valence-electron chi connectivity index (χ3n) is 3.14. The highest BCUT2D eigenvalue weighted by Gasteiger charge is 2.17. The molecule has 1 rings (SSSR count). The van der Waals surface area contributed by atoms with E-state index in [0.717, 1.165) is 17.2 Å². The van der Waals surface area contributed by atoms with Crippen molar-refractivity contribution in [3.8, 4) is 0 Å². The van der Waals surface area contributed by atoms with Gasteiger partial charge in [-0.3, -0.25) is 0 Å². The largest absolute Gasteiger partial charge is 0.394 e. The first-order chi connectivity index (χ1) is 8.90. The van der Waals surface area contributed by atoms with Gasteiger partial charge in [0, 0.05) is 11.5 Å². The summed E-state index contributed by atoms with van der Waals surface area (Å²) in [7, 11) is 0. The molecule has 6 nitrogen and oxygen atoms in total. The van der Waals surface area contributed by atoms with Crippen molar-refractivity contribution >= 4 is 11.6 Å². The first-order valence-electron chi connectivity index (χ1n) is 6.63. The van der Waals surface area contributed by atoms with Gasteiger partial charge in [-0.1, -0.05) is 27.7 Å². The molecule has 1 unspecified atom stereocenters. The van der Waals surface area contributed by atoms with Gasteiger partial charge in [0.05, 0.1) is 12.6 Å². The molecule has 0 saturated carbocycles. The molecule has 1 aromatic heterocycles. The summed E-state index contributed by atoms with van der Waals surface area (Å²) in [5.41, 5.74) is 3.45. The Morgan fingerprint density at radius 3 is 2.16 bits per heavy atom. The molecule has 0 aromatic carbocycles. The van der Waals surface area contributed by atoms with E-state index in [9.17, 15) is 5.11 Å². The zero-order valence-corrected chi connectivity index (χ0v) is 12.4. The van der Waals surface area contributed by atoms with Crippen molar-refractivity contribution < 1.29 is 5.11 Å². The monoisotopic (exact) mass is 267 g/mol. The number of nitrogens with one attached hydrogen (secondary N) is 2. The first kappa shape index (κ1) is 15.7. The van der Waals surface area contributed by atoms with Crippen LogP contribution >= 0.6 is 0 Å².